The molecule has 0 spiro atoms. The molecule has 0 aromatic rings. The highest BCUT2D eigenvalue weighted by atomic mass is 16.2. The van der Waals surface area contributed by atoms with Gasteiger partial charge >= 0.3 is 0 Å². The molecule has 8 heteroatoms. The SMILES string of the molecule is C=C/C=C1/CCN(CCNN2NC(CC(=O)N(C)C)C2=O)C(=O)C1=C. The van der Waals surface area contributed by atoms with Crippen LogP contribution in [0.15, 0.2) is 36.5 Å². The molecule has 1 atom stereocenters. The molecule has 8 nitrogen and oxygen atoms in total. The van der Waals surface area contributed by atoms with E-state index in [4.69, 9.17) is 0 Å². The zero-order valence-electron chi connectivity index (χ0n) is 14.7. The van der Waals surface area contributed by atoms with Gasteiger partial charge in [-0.1, -0.05) is 25.3 Å². The fraction of sp³-hybridized carbons (Fsp3) is 0.471. The molecule has 0 aliphatic carbocycles. The molecule has 0 saturated carbocycles. The number of carbonyl (C=O) groups is 3. The van der Waals surface area contributed by atoms with Crippen LogP contribution >= 0.6 is 0 Å². The van der Waals surface area contributed by atoms with Gasteiger partial charge in [-0.05, 0) is 12.0 Å². The first kappa shape index (κ1) is 18.9. The van der Waals surface area contributed by atoms with Crippen LogP contribution in [0.4, 0.5) is 0 Å². The number of piperidine rings is 1. The first-order valence-corrected chi connectivity index (χ1v) is 8.19. The van der Waals surface area contributed by atoms with E-state index < -0.39 is 6.04 Å². The highest BCUT2D eigenvalue weighted by molar-refractivity contribution is 5.98. The van der Waals surface area contributed by atoms with Gasteiger partial charge < -0.3 is 9.80 Å². The van der Waals surface area contributed by atoms with Gasteiger partial charge in [0.15, 0.2) is 0 Å². The maximum atomic E-state index is 12.3. The van der Waals surface area contributed by atoms with E-state index in [1.807, 2.05) is 6.08 Å². The fourth-order valence-electron chi connectivity index (χ4n) is 2.65. The third-order valence-corrected chi connectivity index (χ3v) is 4.24. The van der Waals surface area contributed by atoms with Crippen molar-refractivity contribution in [3.8, 4) is 0 Å². The number of allylic oxidation sites excluding steroid dienone is 2. The summed E-state index contributed by atoms with van der Waals surface area (Å²) in [7, 11) is 3.31. The van der Waals surface area contributed by atoms with Crippen molar-refractivity contribution >= 4 is 17.7 Å². The highest BCUT2D eigenvalue weighted by Crippen LogP contribution is 2.21. The predicted octanol–water partition coefficient (Wildman–Crippen LogP) is -0.414. The van der Waals surface area contributed by atoms with Crippen molar-refractivity contribution in [2.24, 2.45) is 0 Å². The van der Waals surface area contributed by atoms with Crippen molar-refractivity contribution in [1.82, 2.24) is 25.8 Å². The molecule has 2 aliphatic rings. The Hall–Kier alpha value is -2.45. The summed E-state index contributed by atoms with van der Waals surface area (Å²) in [6.07, 6.45) is 4.34. The lowest BCUT2D eigenvalue weighted by atomic mass is 9.98. The summed E-state index contributed by atoms with van der Waals surface area (Å²) >= 11 is 0. The van der Waals surface area contributed by atoms with E-state index >= 15 is 0 Å². The smallest absolute Gasteiger partial charge is 0.271 e. The van der Waals surface area contributed by atoms with E-state index in [0.29, 0.717) is 25.2 Å². The number of likely N-dealkylation sites (tertiary alicyclic amines) is 1. The molecular formula is C17H25N5O3. The van der Waals surface area contributed by atoms with Crippen LogP contribution in [0.2, 0.25) is 0 Å². The lowest BCUT2D eigenvalue weighted by Gasteiger charge is -2.39. The normalized spacial score (nSPS) is 22.2. The first-order valence-electron chi connectivity index (χ1n) is 8.19. The number of hydrogen-bond acceptors (Lipinski definition) is 5. The van der Waals surface area contributed by atoms with Crippen molar-refractivity contribution in [3.63, 3.8) is 0 Å². The number of carbonyl (C=O) groups excluding carboxylic acids is 3. The van der Waals surface area contributed by atoms with Gasteiger partial charge in [0.2, 0.25) is 5.91 Å². The van der Waals surface area contributed by atoms with E-state index in [1.54, 1.807) is 25.1 Å². The Morgan fingerprint density at radius 3 is 2.76 bits per heavy atom. The minimum Gasteiger partial charge on any atom is -0.349 e. The first-order chi connectivity index (χ1) is 11.8. The maximum absolute atomic E-state index is 12.3. The molecule has 2 aliphatic heterocycles. The minimum atomic E-state index is -0.495. The predicted molar refractivity (Wildman–Crippen MR) is 93.7 cm³/mol. The third-order valence-electron chi connectivity index (χ3n) is 4.24. The van der Waals surface area contributed by atoms with E-state index in [0.717, 1.165) is 12.0 Å². The Bertz CT molecular complexity index is 626. The quantitative estimate of drug-likeness (QED) is 0.612. The second-order valence-corrected chi connectivity index (χ2v) is 6.20. The number of nitrogens with one attached hydrogen (secondary N) is 2. The molecule has 2 fully saturated rings. The summed E-state index contributed by atoms with van der Waals surface area (Å²) in [4.78, 5) is 39.0. The van der Waals surface area contributed by atoms with E-state index in [-0.39, 0.29) is 24.1 Å². The summed E-state index contributed by atoms with van der Waals surface area (Å²) in [5, 5.41) is 1.26. The van der Waals surface area contributed by atoms with Gasteiger partial charge in [0, 0.05) is 39.3 Å². The van der Waals surface area contributed by atoms with Crippen LogP contribution in [-0.2, 0) is 14.4 Å². The zero-order valence-corrected chi connectivity index (χ0v) is 14.7. The van der Waals surface area contributed by atoms with E-state index in [1.165, 1.54) is 10.0 Å². The van der Waals surface area contributed by atoms with Crippen LogP contribution in [0.5, 0.6) is 0 Å². The van der Waals surface area contributed by atoms with Crippen molar-refractivity contribution in [3.05, 3.63) is 36.5 Å². The Kier molecular flexibility index (Phi) is 6.11. The summed E-state index contributed by atoms with van der Waals surface area (Å²) in [5.74, 6) is -0.384. The third kappa shape index (κ3) is 4.34. The van der Waals surface area contributed by atoms with Crippen molar-refractivity contribution in [2.75, 3.05) is 33.7 Å². The Labute approximate surface area is 147 Å². The summed E-state index contributed by atoms with van der Waals surface area (Å²) in [6, 6.07) is -0.495. The van der Waals surface area contributed by atoms with Crippen LogP contribution in [0.25, 0.3) is 0 Å². The van der Waals surface area contributed by atoms with Crippen LogP contribution in [-0.4, -0.2) is 72.4 Å². The molecule has 1 unspecified atom stereocenters. The average molecular weight is 347 g/mol. The van der Waals surface area contributed by atoms with Gasteiger partial charge in [-0.25, -0.2) is 16.0 Å². The molecule has 2 heterocycles. The second kappa shape index (κ2) is 8.09. The van der Waals surface area contributed by atoms with Crippen LogP contribution in [0.3, 0.4) is 0 Å². The van der Waals surface area contributed by atoms with Gasteiger partial charge in [-0.15, -0.1) is 0 Å². The summed E-state index contributed by atoms with van der Waals surface area (Å²) in [6.45, 7) is 8.98. The fourth-order valence-corrected chi connectivity index (χ4v) is 2.65. The van der Waals surface area contributed by atoms with Crippen LogP contribution < -0.4 is 10.9 Å². The molecular weight excluding hydrogens is 322 g/mol. The van der Waals surface area contributed by atoms with Gasteiger partial charge in [0.25, 0.3) is 11.8 Å². The van der Waals surface area contributed by atoms with Crippen molar-refractivity contribution in [1.29, 1.82) is 0 Å². The van der Waals surface area contributed by atoms with Gasteiger partial charge in [-0.3, -0.25) is 14.4 Å². The standard InChI is InChI=1S/C17H25N5O3/c1-5-6-13-7-9-21(16(24)12(13)2)10-8-18-22-17(25)14(19-22)11-15(23)20(3)4/h5-6,14,18-19H,1-2,7-11H2,3-4H3/b13-6-. The molecule has 2 saturated heterocycles. The molecule has 3 amide bonds. The lowest BCUT2D eigenvalue weighted by molar-refractivity contribution is -0.162. The monoisotopic (exact) mass is 347 g/mol. The molecule has 0 radical (unpaired) electrons. The molecule has 136 valence electrons. The average Bonchev–Trinajstić information content (AvgIpc) is 2.58. The van der Waals surface area contributed by atoms with E-state index in [2.05, 4.69) is 24.0 Å². The van der Waals surface area contributed by atoms with Gasteiger partial charge in [0.1, 0.15) is 6.04 Å². The second-order valence-electron chi connectivity index (χ2n) is 6.20. The maximum Gasteiger partial charge on any atom is 0.271 e. The Balaban J connectivity index is 1.72. The largest absolute Gasteiger partial charge is 0.349 e. The molecule has 0 aromatic carbocycles. The molecule has 0 bridgehead atoms. The topological polar surface area (TPSA) is 85.0 Å². The van der Waals surface area contributed by atoms with Crippen LogP contribution in [0, 0.1) is 0 Å². The zero-order chi connectivity index (χ0) is 18.6. The Morgan fingerprint density at radius 2 is 2.16 bits per heavy atom. The lowest BCUT2D eigenvalue weighted by Crippen LogP contribution is -2.72. The minimum absolute atomic E-state index is 0.0986. The molecule has 25 heavy (non-hydrogen) atoms. The number of rotatable bonds is 7. The van der Waals surface area contributed by atoms with Crippen molar-refractivity contribution < 1.29 is 14.4 Å². The summed E-state index contributed by atoms with van der Waals surface area (Å²) < 4.78 is 0. The highest BCUT2D eigenvalue weighted by Gasteiger charge is 2.38. The molecule has 0 aromatic heterocycles. The molecule has 2 N–H and O–H groups in total. The van der Waals surface area contributed by atoms with Crippen molar-refractivity contribution in [2.45, 2.75) is 18.9 Å². The van der Waals surface area contributed by atoms with Gasteiger partial charge in [-0.2, -0.15) is 0 Å². The number of hydrogen-bond donors (Lipinski definition) is 2. The number of amides is 3. The summed E-state index contributed by atoms with van der Waals surface area (Å²) in [5.41, 5.74) is 7.20. The molecule has 2 rings (SSSR count). The van der Waals surface area contributed by atoms with Gasteiger partial charge in [0.05, 0.1) is 6.42 Å². The van der Waals surface area contributed by atoms with Crippen LogP contribution in [0.1, 0.15) is 12.8 Å². The number of nitrogens with zero attached hydrogens (tertiary/aromatic N) is 3. The van der Waals surface area contributed by atoms with E-state index in [9.17, 15) is 14.4 Å². The Morgan fingerprint density at radius 1 is 1.44 bits per heavy atom. The number of hydrazine groups is 2.